The number of carbonyl (C=O) groups is 1. The number of aromatic nitrogens is 1. The number of morpholine rings is 1. The van der Waals surface area contributed by atoms with Crippen LogP contribution in [0.4, 0.5) is 5.82 Å². The number of amides is 1. The lowest BCUT2D eigenvalue weighted by atomic mass is 10.1. The lowest BCUT2D eigenvalue weighted by Crippen LogP contribution is -2.48. The van der Waals surface area contributed by atoms with Gasteiger partial charge in [-0.1, -0.05) is 12.1 Å². The first-order valence-electron chi connectivity index (χ1n) is 8.71. The van der Waals surface area contributed by atoms with Crippen LogP contribution in [-0.2, 0) is 11.3 Å². The van der Waals surface area contributed by atoms with E-state index < -0.39 is 0 Å². The predicted molar refractivity (Wildman–Crippen MR) is 98.7 cm³/mol. The summed E-state index contributed by atoms with van der Waals surface area (Å²) in [5.41, 5.74) is 3.01. The molecule has 5 heteroatoms. The van der Waals surface area contributed by atoms with E-state index in [4.69, 9.17) is 4.74 Å². The van der Waals surface area contributed by atoms with Gasteiger partial charge < -0.3 is 15.0 Å². The largest absolute Gasteiger partial charge is 0.372 e. The monoisotopic (exact) mass is 339 g/mol. The molecule has 0 aliphatic carbocycles. The van der Waals surface area contributed by atoms with Crippen molar-refractivity contribution in [3.63, 3.8) is 0 Å². The van der Waals surface area contributed by atoms with E-state index in [-0.39, 0.29) is 18.1 Å². The van der Waals surface area contributed by atoms with E-state index in [9.17, 15) is 4.79 Å². The lowest BCUT2D eigenvalue weighted by Gasteiger charge is -2.35. The Morgan fingerprint density at radius 3 is 2.52 bits per heavy atom. The molecule has 1 fully saturated rings. The number of ether oxygens (including phenoxy) is 1. The molecule has 2 atom stereocenters. The van der Waals surface area contributed by atoms with Gasteiger partial charge in [0.25, 0.3) is 5.91 Å². The molecule has 132 valence electrons. The third-order valence-electron chi connectivity index (χ3n) is 4.30. The van der Waals surface area contributed by atoms with E-state index in [1.807, 2.05) is 62.1 Å². The van der Waals surface area contributed by atoms with Gasteiger partial charge in [0.1, 0.15) is 5.82 Å². The third-order valence-corrected chi connectivity index (χ3v) is 4.30. The Hall–Kier alpha value is -2.40. The number of anilines is 1. The molecule has 0 bridgehead atoms. The Morgan fingerprint density at radius 1 is 1.20 bits per heavy atom. The van der Waals surface area contributed by atoms with E-state index in [0.29, 0.717) is 19.6 Å². The fraction of sp³-hybridized carbons (Fsp3) is 0.400. The van der Waals surface area contributed by atoms with Crippen LogP contribution < -0.4 is 5.32 Å². The first-order chi connectivity index (χ1) is 12.0. The van der Waals surface area contributed by atoms with Gasteiger partial charge in [-0.2, -0.15) is 0 Å². The summed E-state index contributed by atoms with van der Waals surface area (Å²) < 4.78 is 5.70. The molecule has 1 aliphatic rings. The molecule has 25 heavy (non-hydrogen) atoms. The van der Waals surface area contributed by atoms with Crippen molar-refractivity contribution < 1.29 is 9.53 Å². The van der Waals surface area contributed by atoms with E-state index in [2.05, 4.69) is 10.3 Å². The molecule has 1 aromatic heterocycles. The van der Waals surface area contributed by atoms with Gasteiger partial charge >= 0.3 is 0 Å². The minimum absolute atomic E-state index is 0.0712. The van der Waals surface area contributed by atoms with Gasteiger partial charge in [-0.3, -0.25) is 4.79 Å². The molecule has 3 rings (SSSR count). The average molecular weight is 339 g/mol. The van der Waals surface area contributed by atoms with Crippen LogP contribution in [0, 0.1) is 6.92 Å². The molecule has 2 unspecified atom stereocenters. The van der Waals surface area contributed by atoms with E-state index in [1.54, 1.807) is 6.20 Å². The maximum atomic E-state index is 12.7. The summed E-state index contributed by atoms with van der Waals surface area (Å²) in [5, 5.41) is 3.30. The number of nitrogens with zero attached hydrogens (tertiary/aromatic N) is 2. The molecule has 1 aromatic carbocycles. The van der Waals surface area contributed by atoms with Gasteiger partial charge in [0.05, 0.1) is 12.2 Å². The smallest absolute Gasteiger partial charge is 0.254 e. The van der Waals surface area contributed by atoms with Gasteiger partial charge in [-0.15, -0.1) is 0 Å². The average Bonchev–Trinajstić information content (AvgIpc) is 2.59. The second kappa shape index (κ2) is 7.66. The second-order valence-electron chi connectivity index (χ2n) is 6.74. The zero-order valence-electron chi connectivity index (χ0n) is 15.0. The van der Waals surface area contributed by atoms with Gasteiger partial charge in [0, 0.05) is 31.4 Å². The Balaban J connectivity index is 1.60. The highest BCUT2D eigenvalue weighted by Gasteiger charge is 2.26. The number of hydrogen-bond acceptors (Lipinski definition) is 4. The quantitative estimate of drug-likeness (QED) is 0.929. The first kappa shape index (κ1) is 17.4. The molecule has 5 nitrogen and oxygen atoms in total. The molecule has 2 aromatic rings. The fourth-order valence-corrected chi connectivity index (χ4v) is 3.12. The van der Waals surface area contributed by atoms with Crippen molar-refractivity contribution >= 4 is 11.7 Å². The van der Waals surface area contributed by atoms with Crippen molar-refractivity contribution in [1.82, 2.24) is 9.88 Å². The van der Waals surface area contributed by atoms with Gasteiger partial charge in [-0.05, 0) is 56.2 Å². The SMILES string of the molecule is Cc1ccnc(NCc2ccc(C(=O)N3CC(C)OC(C)C3)cc2)c1. The van der Waals surface area contributed by atoms with Crippen LogP contribution in [0.2, 0.25) is 0 Å². The van der Waals surface area contributed by atoms with Crippen LogP contribution in [0.25, 0.3) is 0 Å². The topological polar surface area (TPSA) is 54.5 Å². The van der Waals surface area contributed by atoms with Crippen molar-refractivity contribution in [2.24, 2.45) is 0 Å². The number of rotatable bonds is 4. The Kier molecular flexibility index (Phi) is 5.34. The number of hydrogen-bond donors (Lipinski definition) is 1. The van der Waals surface area contributed by atoms with Crippen molar-refractivity contribution in [2.45, 2.75) is 39.5 Å². The van der Waals surface area contributed by atoms with Crippen LogP contribution in [0.3, 0.4) is 0 Å². The number of aryl methyl sites for hydroxylation is 1. The fourth-order valence-electron chi connectivity index (χ4n) is 3.12. The number of nitrogens with one attached hydrogen (secondary N) is 1. The molecular formula is C20H25N3O2. The summed E-state index contributed by atoms with van der Waals surface area (Å²) in [7, 11) is 0. The molecule has 1 saturated heterocycles. The van der Waals surface area contributed by atoms with Crippen LogP contribution >= 0.6 is 0 Å². The normalized spacial score (nSPS) is 20.4. The first-order valence-corrected chi connectivity index (χ1v) is 8.71. The zero-order chi connectivity index (χ0) is 17.8. The molecule has 0 saturated carbocycles. The van der Waals surface area contributed by atoms with Crippen LogP contribution in [0.15, 0.2) is 42.6 Å². The highest BCUT2D eigenvalue weighted by atomic mass is 16.5. The van der Waals surface area contributed by atoms with Crippen LogP contribution in [0.5, 0.6) is 0 Å². The predicted octanol–water partition coefficient (Wildman–Crippen LogP) is 3.25. The zero-order valence-corrected chi connectivity index (χ0v) is 15.0. The molecule has 0 radical (unpaired) electrons. The van der Waals surface area contributed by atoms with Gasteiger partial charge in [0.2, 0.25) is 0 Å². The second-order valence-corrected chi connectivity index (χ2v) is 6.74. The summed E-state index contributed by atoms with van der Waals surface area (Å²) in [5.74, 6) is 0.929. The minimum Gasteiger partial charge on any atom is -0.372 e. The van der Waals surface area contributed by atoms with Crippen molar-refractivity contribution in [2.75, 3.05) is 18.4 Å². The summed E-state index contributed by atoms with van der Waals surface area (Å²) in [6, 6.07) is 11.8. The molecule has 0 spiro atoms. The molecule has 1 aliphatic heterocycles. The highest BCUT2D eigenvalue weighted by molar-refractivity contribution is 5.94. The maximum Gasteiger partial charge on any atom is 0.254 e. The van der Waals surface area contributed by atoms with Crippen LogP contribution in [-0.4, -0.2) is 41.1 Å². The number of benzene rings is 1. The van der Waals surface area contributed by atoms with E-state index in [1.165, 1.54) is 5.56 Å². The van der Waals surface area contributed by atoms with Crippen molar-refractivity contribution in [3.05, 3.63) is 59.3 Å². The van der Waals surface area contributed by atoms with E-state index in [0.717, 1.165) is 16.9 Å². The molecule has 1 amide bonds. The van der Waals surface area contributed by atoms with Crippen molar-refractivity contribution in [3.8, 4) is 0 Å². The van der Waals surface area contributed by atoms with Crippen LogP contribution in [0.1, 0.15) is 35.3 Å². The number of carbonyl (C=O) groups excluding carboxylic acids is 1. The standard InChI is InChI=1S/C20H25N3O2/c1-14-8-9-21-19(10-14)22-11-17-4-6-18(7-5-17)20(24)23-12-15(2)25-16(3)13-23/h4-10,15-16H,11-13H2,1-3H3,(H,21,22). The molecule has 2 heterocycles. The summed E-state index contributed by atoms with van der Waals surface area (Å²) in [6.45, 7) is 8.02. The van der Waals surface area contributed by atoms with Gasteiger partial charge in [0.15, 0.2) is 0 Å². The summed E-state index contributed by atoms with van der Waals surface area (Å²) in [6.07, 6.45) is 1.96. The number of pyridine rings is 1. The Bertz CT molecular complexity index is 720. The molecule has 1 N–H and O–H groups in total. The summed E-state index contributed by atoms with van der Waals surface area (Å²) in [4.78, 5) is 18.8. The third kappa shape index (κ3) is 4.57. The van der Waals surface area contributed by atoms with E-state index >= 15 is 0 Å². The Morgan fingerprint density at radius 2 is 1.88 bits per heavy atom. The summed E-state index contributed by atoms with van der Waals surface area (Å²) >= 11 is 0. The van der Waals surface area contributed by atoms with Crippen molar-refractivity contribution in [1.29, 1.82) is 0 Å². The molecular weight excluding hydrogens is 314 g/mol. The Labute approximate surface area is 149 Å². The minimum atomic E-state index is 0.0712. The maximum absolute atomic E-state index is 12.7. The van der Waals surface area contributed by atoms with Gasteiger partial charge in [-0.25, -0.2) is 4.98 Å². The highest BCUT2D eigenvalue weighted by Crippen LogP contribution is 2.15. The lowest BCUT2D eigenvalue weighted by molar-refractivity contribution is -0.0586.